The van der Waals surface area contributed by atoms with E-state index in [0.29, 0.717) is 12.2 Å². The van der Waals surface area contributed by atoms with Gasteiger partial charge >= 0.3 is 0 Å². The number of imide groups is 1. The van der Waals surface area contributed by atoms with Crippen molar-refractivity contribution < 1.29 is 9.59 Å². The molecule has 0 radical (unpaired) electrons. The van der Waals surface area contributed by atoms with E-state index in [1.807, 2.05) is 4.90 Å². The van der Waals surface area contributed by atoms with Crippen LogP contribution in [0.25, 0.3) is 0 Å². The van der Waals surface area contributed by atoms with Gasteiger partial charge in [0.2, 0.25) is 11.8 Å². The summed E-state index contributed by atoms with van der Waals surface area (Å²) < 4.78 is 1.30. The summed E-state index contributed by atoms with van der Waals surface area (Å²) in [6.45, 7) is 3.32. The van der Waals surface area contributed by atoms with E-state index in [-0.39, 0.29) is 17.9 Å². The molecule has 2 aliphatic heterocycles. The summed E-state index contributed by atoms with van der Waals surface area (Å²) >= 11 is 0. The number of rotatable bonds is 2. The predicted molar refractivity (Wildman–Crippen MR) is 75.0 cm³/mol. The highest BCUT2D eigenvalue weighted by Gasteiger charge is 2.29. The average Bonchev–Trinajstić information content (AvgIpc) is 2.49. The molecule has 112 valence electrons. The lowest BCUT2D eigenvalue weighted by molar-refractivity contribution is -0.135. The monoisotopic (exact) mass is 291 g/mol. The van der Waals surface area contributed by atoms with Crippen LogP contribution in [0.1, 0.15) is 18.9 Å². The average molecular weight is 291 g/mol. The van der Waals surface area contributed by atoms with E-state index in [1.54, 1.807) is 0 Å². The number of hydrogen-bond acceptors (Lipinski definition) is 6. The lowest BCUT2D eigenvalue weighted by Gasteiger charge is -2.29. The Morgan fingerprint density at radius 3 is 2.62 bits per heavy atom. The van der Waals surface area contributed by atoms with E-state index < -0.39 is 11.9 Å². The molecule has 2 N–H and O–H groups in total. The van der Waals surface area contributed by atoms with Crippen molar-refractivity contribution in [1.82, 2.24) is 20.2 Å². The second-order valence-corrected chi connectivity index (χ2v) is 5.20. The number of hydrogen-bond donors (Lipinski definition) is 2. The van der Waals surface area contributed by atoms with Crippen LogP contribution in [0.5, 0.6) is 0 Å². The highest BCUT2D eigenvalue weighted by molar-refractivity contribution is 5.99. The third-order valence-corrected chi connectivity index (χ3v) is 3.81. The third-order valence-electron chi connectivity index (χ3n) is 3.81. The lowest BCUT2D eigenvalue weighted by atomic mass is 10.1. The fraction of sp³-hybridized carbons (Fsp3) is 0.538. The molecular weight excluding hydrogens is 274 g/mol. The first kappa shape index (κ1) is 13.7. The molecule has 3 heterocycles. The minimum Gasteiger partial charge on any atom is -0.354 e. The van der Waals surface area contributed by atoms with E-state index in [2.05, 4.69) is 15.6 Å². The number of piperidine rings is 1. The van der Waals surface area contributed by atoms with Crippen LogP contribution in [0.15, 0.2) is 17.2 Å². The maximum Gasteiger partial charge on any atom is 0.256 e. The molecule has 0 spiro atoms. The Labute approximate surface area is 121 Å². The Bertz CT molecular complexity index is 620. The summed E-state index contributed by atoms with van der Waals surface area (Å²) in [5.41, 5.74) is -0.270. The van der Waals surface area contributed by atoms with E-state index in [1.165, 1.54) is 17.0 Å². The van der Waals surface area contributed by atoms with Gasteiger partial charge in [0.05, 0.1) is 0 Å². The predicted octanol–water partition coefficient (Wildman–Crippen LogP) is -1.37. The van der Waals surface area contributed by atoms with E-state index >= 15 is 0 Å². The number of carbonyl (C=O) groups excluding carboxylic acids is 2. The number of carbonyl (C=O) groups is 2. The number of nitrogens with zero attached hydrogens (tertiary/aromatic N) is 3. The van der Waals surface area contributed by atoms with Crippen molar-refractivity contribution in [3.63, 3.8) is 0 Å². The maximum absolute atomic E-state index is 12.2. The lowest BCUT2D eigenvalue weighted by Crippen LogP contribution is -2.46. The normalized spacial score (nSPS) is 23.0. The van der Waals surface area contributed by atoms with Crippen molar-refractivity contribution in [2.75, 3.05) is 31.1 Å². The molecule has 8 nitrogen and oxygen atoms in total. The first-order valence-corrected chi connectivity index (χ1v) is 7.03. The second kappa shape index (κ2) is 5.65. The van der Waals surface area contributed by atoms with Gasteiger partial charge in [0.1, 0.15) is 18.2 Å². The third kappa shape index (κ3) is 2.80. The van der Waals surface area contributed by atoms with Gasteiger partial charge in [-0.15, -0.1) is 0 Å². The highest BCUT2D eigenvalue weighted by atomic mass is 16.2. The summed E-state index contributed by atoms with van der Waals surface area (Å²) in [4.78, 5) is 41.5. The second-order valence-electron chi connectivity index (χ2n) is 5.20. The van der Waals surface area contributed by atoms with Crippen molar-refractivity contribution in [3.8, 4) is 0 Å². The van der Waals surface area contributed by atoms with Crippen LogP contribution in [0.3, 0.4) is 0 Å². The maximum atomic E-state index is 12.2. The van der Waals surface area contributed by atoms with Crippen molar-refractivity contribution in [2.24, 2.45) is 0 Å². The smallest absolute Gasteiger partial charge is 0.256 e. The summed E-state index contributed by atoms with van der Waals surface area (Å²) in [5, 5.41) is 5.48. The number of amides is 2. The van der Waals surface area contributed by atoms with Gasteiger partial charge in [-0.3, -0.25) is 24.3 Å². The Kier molecular flexibility index (Phi) is 3.70. The minimum atomic E-state index is -0.653. The molecule has 2 amide bonds. The van der Waals surface area contributed by atoms with Crippen molar-refractivity contribution >= 4 is 17.6 Å². The number of aromatic nitrogens is 2. The molecule has 21 heavy (non-hydrogen) atoms. The van der Waals surface area contributed by atoms with Gasteiger partial charge in [0.25, 0.3) is 5.56 Å². The summed E-state index contributed by atoms with van der Waals surface area (Å²) in [6.07, 6.45) is 1.97. The topological polar surface area (TPSA) is 96.3 Å². The number of anilines is 1. The molecule has 1 unspecified atom stereocenters. The first-order chi connectivity index (χ1) is 10.1. The molecule has 1 aromatic rings. The number of nitrogens with one attached hydrogen (secondary N) is 2. The summed E-state index contributed by atoms with van der Waals surface area (Å²) in [6, 6.07) is 0.800. The quantitative estimate of drug-likeness (QED) is 0.653. The zero-order valence-electron chi connectivity index (χ0n) is 11.5. The molecule has 2 fully saturated rings. The molecule has 0 saturated carbocycles. The van der Waals surface area contributed by atoms with Gasteiger partial charge in [-0.25, -0.2) is 4.98 Å². The van der Waals surface area contributed by atoms with Crippen LogP contribution >= 0.6 is 0 Å². The molecule has 2 aliphatic rings. The van der Waals surface area contributed by atoms with Crippen LogP contribution < -0.4 is 21.1 Å². The Morgan fingerprint density at radius 2 is 1.95 bits per heavy atom. The van der Waals surface area contributed by atoms with Crippen molar-refractivity contribution in [2.45, 2.75) is 18.9 Å². The standard InChI is InChI=1S/C13H17N5O3/c19-11-2-1-9(13(21)16-11)18-8-15-10(7-12(18)20)17-5-3-14-4-6-17/h7-9,14H,1-6H2,(H,16,19,21). The van der Waals surface area contributed by atoms with Crippen LogP contribution in [-0.4, -0.2) is 47.5 Å². The zero-order valence-corrected chi connectivity index (χ0v) is 11.5. The molecular formula is C13H17N5O3. The van der Waals surface area contributed by atoms with Crippen molar-refractivity contribution in [1.29, 1.82) is 0 Å². The molecule has 0 aliphatic carbocycles. The SMILES string of the molecule is O=C1CCC(n2cnc(N3CCNCC3)cc2=O)C(=O)N1. The van der Waals surface area contributed by atoms with Crippen molar-refractivity contribution in [3.05, 3.63) is 22.7 Å². The van der Waals surface area contributed by atoms with E-state index in [4.69, 9.17) is 0 Å². The Hall–Kier alpha value is -2.22. The van der Waals surface area contributed by atoms with E-state index in [9.17, 15) is 14.4 Å². The molecule has 2 saturated heterocycles. The molecule has 1 aromatic heterocycles. The fourth-order valence-electron chi connectivity index (χ4n) is 2.65. The van der Waals surface area contributed by atoms with Gasteiger partial charge in [-0.2, -0.15) is 0 Å². The zero-order chi connectivity index (χ0) is 14.8. The Balaban J connectivity index is 1.82. The molecule has 0 aromatic carbocycles. The highest BCUT2D eigenvalue weighted by Crippen LogP contribution is 2.17. The minimum absolute atomic E-state index is 0.238. The van der Waals surface area contributed by atoms with E-state index in [0.717, 1.165) is 26.2 Å². The van der Waals surface area contributed by atoms with Gasteiger partial charge in [-0.1, -0.05) is 0 Å². The Morgan fingerprint density at radius 1 is 1.19 bits per heavy atom. The number of piperazine rings is 1. The molecule has 0 bridgehead atoms. The fourth-order valence-corrected chi connectivity index (χ4v) is 2.65. The van der Waals surface area contributed by atoms with Gasteiger partial charge < -0.3 is 10.2 Å². The van der Waals surface area contributed by atoms with Gasteiger partial charge in [0, 0.05) is 38.7 Å². The van der Waals surface area contributed by atoms with Crippen LogP contribution in [0.4, 0.5) is 5.82 Å². The van der Waals surface area contributed by atoms with Gasteiger partial charge in [0.15, 0.2) is 0 Å². The van der Waals surface area contributed by atoms with Crippen LogP contribution in [0.2, 0.25) is 0 Å². The molecule has 8 heteroatoms. The largest absolute Gasteiger partial charge is 0.354 e. The van der Waals surface area contributed by atoms with Crippen LogP contribution in [-0.2, 0) is 9.59 Å². The summed E-state index contributed by atoms with van der Waals surface area (Å²) in [7, 11) is 0. The summed E-state index contributed by atoms with van der Waals surface area (Å²) in [5.74, 6) is -0.107. The van der Waals surface area contributed by atoms with Gasteiger partial charge in [-0.05, 0) is 6.42 Å². The van der Waals surface area contributed by atoms with Crippen LogP contribution in [0, 0.1) is 0 Å². The first-order valence-electron chi connectivity index (χ1n) is 7.03. The molecule has 1 atom stereocenters. The molecule has 3 rings (SSSR count).